The molecule has 0 spiro atoms. The normalized spacial score (nSPS) is 14.0. The molecule has 1 amide bonds. The van der Waals surface area contributed by atoms with Crippen LogP contribution in [0.5, 0.6) is 0 Å². The minimum absolute atomic E-state index is 0.204. The fraction of sp³-hybridized carbons (Fsp3) is 0.294. The number of alkyl halides is 3. The number of fused-ring (bicyclic) bond motifs is 1. The van der Waals surface area contributed by atoms with Crippen LogP contribution in [-0.2, 0) is 28.7 Å². The van der Waals surface area contributed by atoms with Crippen molar-refractivity contribution in [2.75, 3.05) is 18.9 Å². The number of ether oxygens (including phenoxy) is 1. The Labute approximate surface area is 151 Å². The maximum Gasteiger partial charge on any atom is 0.416 e. The lowest BCUT2D eigenvalue weighted by atomic mass is 10.1. The number of amides is 1. The molecule has 2 aromatic rings. The zero-order valence-corrected chi connectivity index (χ0v) is 14.3. The Bertz CT molecular complexity index is 848. The first-order valence-electron chi connectivity index (χ1n) is 7.72. The highest BCUT2D eigenvalue weighted by Crippen LogP contribution is 2.31. The van der Waals surface area contributed by atoms with E-state index in [1.54, 1.807) is 16.2 Å². The molecule has 1 aliphatic rings. The third-order valence-corrected chi connectivity index (χ3v) is 5.11. The van der Waals surface area contributed by atoms with E-state index in [-0.39, 0.29) is 17.2 Å². The Balaban J connectivity index is 1.60. The summed E-state index contributed by atoms with van der Waals surface area (Å²) in [6, 6.07) is 4.32. The van der Waals surface area contributed by atoms with Gasteiger partial charge in [0.05, 0.1) is 11.1 Å². The molecule has 26 heavy (non-hydrogen) atoms. The monoisotopic (exact) mass is 384 g/mol. The fourth-order valence-corrected chi connectivity index (χ4v) is 3.57. The molecule has 0 aliphatic carbocycles. The van der Waals surface area contributed by atoms with Gasteiger partial charge in [-0.25, -0.2) is 4.79 Å². The van der Waals surface area contributed by atoms with Crippen molar-refractivity contribution < 1.29 is 27.5 Å². The molecule has 1 aromatic heterocycles. The number of esters is 1. The van der Waals surface area contributed by atoms with Crippen molar-refractivity contribution >= 4 is 28.9 Å². The fourth-order valence-electron chi connectivity index (χ4n) is 2.68. The highest BCUT2D eigenvalue weighted by molar-refractivity contribution is 7.10. The largest absolute Gasteiger partial charge is 0.452 e. The molecule has 138 valence electrons. The third-order valence-electron chi connectivity index (χ3n) is 4.09. The summed E-state index contributed by atoms with van der Waals surface area (Å²) >= 11 is 1.64. The van der Waals surface area contributed by atoms with E-state index in [4.69, 9.17) is 10.5 Å². The molecule has 3 rings (SSSR count). The molecule has 5 nitrogen and oxygen atoms in total. The predicted molar refractivity (Wildman–Crippen MR) is 89.6 cm³/mol. The average Bonchev–Trinajstić information content (AvgIpc) is 3.06. The van der Waals surface area contributed by atoms with Crippen molar-refractivity contribution in [2.45, 2.75) is 19.1 Å². The summed E-state index contributed by atoms with van der Waals surface area (Å²) in [6.45, 7) is 0.503. The topological polar surface area (TPSA) is 72.6 Å². The van der Waals surface area contributed by atoms with Crippen LogP contribution in [0.2, 0.25) is 0 Å². The molecule has 0 saturated heterocycles. The van der Waals surface area contributed by atoms with Gasteiger partial charge in [0.25, 0.3) is 5.91 Å². The number of hydrogen-bond donors (Lipinski definition) is 1. The van der Waals surface area contributed by atoms with Crippen molar-refractivity contribution in [3.63, 3.8) is 0 Å². The number of nitrogens with zero attached hydrogens (tertiary/aromatic N) is 1. The second kappa shape index (κ2) is 6.99. The number of benzene rings is 1. The van der Waals surface area contributed by atoms with Crippen LogP contribution in [0, 0.1) is 0 Å². The minimum atomic E-state index is -4.55. The summed E-state index contributed by atoms with van der Waals surface area (Å²) in [7, 11) is 0. The van der Waals surface area contributed by atoms with E-state index in [1.807, 2.05) is 11.4 Å². The van der Waals surface area contributed by atoms with Gasteiger partial charge < -0.3 is 15.4 Å². The first kappa shape index (κ1) is 18.2. The van der Waals surface area contributed by atoms with Gasteiger partial charge in [0.1, 0.15) is 0 Å². The molecule has 1 aromatic carbocycles. The van der Waals surface area contributed by atoms with Crippen LogP contribution in [0.3, 0.4) is 0 Å². The second-order valence-electron chi connectivity index (χ2n) is 5.81. The lowest BCUT2D eigenvalue weighted by molar-refractivity contribution is -0.137. The standard InChI is InChI=1S/C17H15F3N2O3S/c18-17(19,20)11-1-2-12(13(21)7-11)16(24)25-9-15(23)22-5-3-14-10(8-22)4-6-26-14/h1-2,4,6-7H,3,5,8-9,21H2. The molecule has 9 heteroatoms. The third kappa shape index (κ3) is 3.82. The Morgan fingerprint density at radius 2 is 2.04 bits per heavy atom. The van der Waals surface area contributed by atoms with Gasteiger partial charge in [-0.3, -0.25) is 4.79 Å². The number of nitrogen functional groups attached to an aromatic ring is 1. The van der Waals surface area contributed by atoms with E-state index in [1.165, 1.54) is 4.88 Å². The molecule has 0 fully saturated rings. The van der Waals surface area contributed by atoms with Crippen molar-refractivity contribution in [1.29, 1.82) is 0 Å². The van der Waals surface area contributed by atoms with Gasteiger partial charge in [-0.05, 0) is 41.6 Å². The first-order valence-corrected chi connectivity index (χ1v) is 8.60. The molecule has 0 saturated carbocycles. The summed E-state index contributed by atoms with van der Waals surface area (Å²) < 4.78 is 42.8. The zero-order chi connectivity index (χ0) is 18.9. The van der Waals surface area contributed by atoms with Crippen LogP contribution in [0.1, 0.15) is 26.4 Å². The van der Waals surface area contributed by atoms with Gasteiger partial charge in [-0.1, -0.05) is 0 Å². The minimum Gasteiger partial charge on any atom is -0.452 e. The number of anilines is 1. The Morgan fingerprint density at radius 3 is 2.73 bits per heavy atom. The molecule has 0 unspecified atom stereocenters. The Hall–Kier alpha value is -2.55. The molecule has 0 radical (unpaired) electrons. The number of nitrogens with two attached hydrogens (primary N) is 1. The maximum absolute atomic E-state index is 12.6. The second-order valence-corrected chi connectivity index (χ2v) is 6.81. The van der Waals surface area contributed by atoms with Crippen LogP contribution in [0.15, 0.2) is 29.6 Å². The Morgan fingerprint density at radius 1 is 1.27 bits per heavy atom. The molecule has 2 heterocycles. The summed E-state index contributed by atoms with van der Waals surface area (Å²) in [4.78, 5) is 27.0. The summed E-state index contributed by atoms with van der Waals surface area (Å²) in [5.41, 5.74) is 5.08. The molecular weight excluding hydrogens is 369 g/mol. The summed E-state index contributed by atoms with van der Waals surface area (Å²) in [5, 5.41) is 1.96. The number of thiophene rings is 1. The van der Waals surface area contributed by atoms with Crippen molar-refractivity contribution in [1.82, 2.24) is 4.90 Å². The predicted octanol–water partition coefficient (Wildman–Crippen LogP) is 3.09. The van der Waals surface area contributed by atoms with E-state index in [0.717, 1.165) is 24.1 Å². The molecule has 0 bridgehead atoms. The van der Waals surface area contributed by atoms with Crippen molar-refractivity contribution in [2.24, 2.45) is 0 Å². The number of rotatable bonds is 3. The number of carbonyl (C=O) groups excluding carboxylic acids is 2. The smallest absolute Gasteiger partial charge is 0.416 e. The van der Waals surface area contributed by atoms with Crippen LogP contribution in [0.4, 0.5) is 18.9 Å². The van der Waals surface area contributed by atoms with E-state index in [0.29, 0.717) is 19.2 Å². The molecule has 1 aliphatic heterocycles. The maximum atomic E-state index is 12.6. The average molecular weight is 384 g/mol. The molecular formula is C17H15F3N2O3S. The van der Waals surface area contributed by atoms with Crippen molar-refractivity contribution in [3.05, 3.63) is 51.2 Å². The molecule has 2 N–H and O–H groups in total. The van der Waals surface area contributed by atoms with Gasteiger partial charge in [-0.2, -0.15) is 13.2 Å². The van der Waals surface area contributed by atoms with E-state index >= 15 is 0 Å². The van der Waals surface area contributed by atoms with Crippen LogP contribution < -0.4 is 5.73 Å². The lowest BCUT2D eigenvalue weighted by Crippen LogP contribution is -2.38. The zero-order valence-electron chi connectivity index (χ0n) is 13.5. The Kier molecular flexibility index (Phi) is 4.90. The molecule has 0 atom stereocenters. The van der Waals surface area contributed by atoms with E-state index < -0.39 is 24.3 Å². The van der Waals surface area contributed by atoms with Crippen molar-refractivity contribution in [3.8, 4) is 0 Å². The highest BCUT2D eigenvalue weighted by atomic mass is 32.1. The van der Waals surface area contributed by atoms with E-state index in [2.05, 4.69) is 0 Å². The van der Waals surface area contributed by atoms with Gasteiger partial charge in [0, 0.05) is 23.7 Å². The van der Waals surface area contributed by atoms with Gasteiger partial charge >= 0.3 is 12.1 Å². The summed E-state index contributed by atoms with van der Waals surface area (Å²) in [6.07, 6.45) is -3.81. The number of carbonyl (C=O) groups is 2. The highest BCUT2D eigenvalue weighted by Gasteiger charge is 2.31. The number of halogens is 3. The number of hydrogen-bond acceptors (Lipinski definition) is 5. The SMILES string of the molecule is Nc1cc(C(F)(F)F)ccc1C(=O)OCC(=O)N1CCc2sccc2C1. The van der Waals surface area contributed by atoms with Gasteiger partial charge in [0.15, 0.2) is 6.61 Å². The van der Waals surface area contributed by atoms with E-state index in [9.17, 15) is 22.8 Å². The first-order chi connectivity index (χ1) is 12.3. The van der Waals surface area contributed by atoms with Gasteiger partial charge in [0.2, 0.25) is 0 Å². The van der Waals surface area contributed by atoms with Gasteiger partial charge in [-0.15, -0.1) is 11.3 Å². The summed E-state index contributed by atoms with van der Waals surface area (Å²) in [5.74, 6) is -1.29. The quantitative estimate of drug-likeness (QED) is 0.652. The lowest BCUT2D eigenvalue weighted by Gasteiger charge is -2.26. The van der Waals surface area contributed by atoms with Crippen LogP contribution in [-0.4, -0.2) is 29.9 Å². The van der Waals surface area contributed by atoms with Crippen LogP contribution in [0.25, 0.3) is 0 Å². The van der Waals surface area contributed by atoms with Crippen LogP contribution >= 0.6 is 11.3 Å².